The van der Waals surface area contributed by atoms with Crippen molar-refractivity contribution in [3.8, 4) is 11.4 Å². The molecule has 0 unspecified atom stereocenters. The topological polar surface area (TPSA) is 67.2 Å². The van der Waals surface area contributed by atoms with Crippen molar-refractivity contribution in [1.29, 1.82) is 0 Å². The van der Waals surface area contributed by atoms with Crippen LogP contribution in [0.2, 0.25) is 0 Å². The molecule has 1 aromatic carbocycles. The molecule has 7 nitrogen and oxygen atoms in total. The molecule has 0 N–H and O–H groups in total. The lowest BCUT2D eigenvalue weighted by atomic mass is 10.1. The predicted molar refractivity (Wildman–Crippen MR) is 106 cm³/mol. The first-order chi connectivity index (χ1) is 13.1. The molecule has 2 aromatic heterocycles. The number of hydrogen-bond acceptors (Lipinski definition) is 6. The Morgan fingerprint density at radius 3 is 2.70 bits per heavy atom. The SMILES string of the molecule is Cc1cccc(N2CCN(C(=O)Cn3nnc(-c4ccsc4)n3)CC2)c1C. The number of carbonyl (C=O) groups excluding carboxylic acids is 1. The Bertz CT molecular complexity index is 928. The Hall–Kier alpha value is -2.74. The third kappa shape index (κ3) is 3.71. The van der Waals surface area contributed by atoms with Crippen LogP contribution in [0.3, 0.4) is 0 Å². The number of carbonyl (C=O) groups is 1. The molecule has 27 heavy (non-hydrogen) atoms. The Labute approximate surface area is 162 Å². The zero-order valence-electron chi connectivity index (χ0n) is 15.5. The van der Waals surface area contributed by atoms with Crippen LogP contribution in [-0.2, 0) is 11.3 Å². The molecule has 1 aliphatic rings. The van der Waals surface area contributed by atoms with Gasteiger partial charge in [-0.25, -0.2) is 0 Å². The van der Waals surface area contributed by atoms with Crippen LogP contribution in [0.5, 0.6) is 0 Å². The molecular weight excluding hydrogens is 360 g/mol. The molecule has 0 spiro atoms. The molecule has 1 amide bonds. The van der Waals surface area contributed by atoms with Gasteiger partial charge in [0.1, 0.15) is 6.54 Å². The Morgan fingerprint density at radius 1 is 1.15 bits per heavy atom. The first-order valence-electron chi connectivity index (χ1n) is 9.01. The third-order valence-corrected chi connectivity index (χ3v) is 5.74. The number of piperazine rings is 1. The smallest absolute Gasteiger partial charge is 0.246 e. The molecule has 0 saturated carbocycles. The predicted octanol–water partition coefficient (Wildman–Crippen LogP) is 2.37. The first kappa shape index (κ1) is 17.7. The van der Waals surface area contributed by atoms with Gasteiger partial charge in [-0.1, -0.05) is 12.1 Å². The van der Waals surface area contributed by atoms with E-state index >= 15 is 0 Å². The summed E-state index contributed by atoms with van der Waals surface area (Å²) in [6.07, 6.45) is 0. The van der Waals surface area contributed by atoms with Gasteiger partial charge >= 0.3 is 0 Å². The second-order valence-electron chi connectivity index (χ2n) is 6.74. The first-order valence-corrected chi connectivity index (χ1v) is 9.95. The largest absolute Gasteiger partial charge is 0.368 e. The summed E-state index contributed by atoms with van der Waals surface area (Å²) in [5.41, 5.74) is 4.80. The van der Waals surface area contributed by atoms with Gasteiger partial charge in [-0.2, -0.15) is 16.1 Å². The number of rotatable bonds is 4. The monoisotopic (exact) mass is 382 g/mol. The molecule has 140 valence electrons. The highest BCUT2D eigenvalue weighted by molar-refractivity contribution is 7.08. The second-order valence-corrected chi connectivity index (χ2v) is 7.52. The number of aryl methyl sites for hydroxylation is 1. The van der Waals surface area contributed by atoms with Gasteiger partial charge in [0.05, 0.1) is 0 Å². The van der Waals surface area contributed by atoms with Gasteiger partial charge in [0.15, 0.2) is 0 Å². The summed E-state index contributed by atoms with van der Waals surface area (Å²) >= 11 is 1.58. The zero-order chi connectivity index (χ0) is 18.8. The fourth-order valence-corrected chi connectivity index (χ4v) is 3.95. The molecule has 1 saturated heterocycles. The number of tetrazole rings is 1. The number of aromatic nitrogens is 4. The van der Waals surface area contributed by atoms with Crippen LogP contribution in [-0.4, -0.2) is 57.2 Å². The molecular formula is C19H22N6OS. The molecule has 3 heterocycles. The summed E-state index contributed by atoms with van der Waals surface area (Å²) in [7, 11) is 0. The number of anilines is 1. The molecule has 0 bridgehead atoms. The van der Waals surface area contributed by atoms with Gasteiger partial charge in [0, 0.05) is 42.8 Å². The molecule has 8 heteroatoms. The van der Waals surface area contributed by atoms with E-state index in [0.29, 0.717) is 18.9 Å². The van der Waals surface area contributed by atoms with Gasteiger partial charge < -0.3 is 9.80 Å². The maximum absolute atomic E-state index is 12.6. The minimum atomic E-state index is 0.0323. The average molecular weight is 382 g/mol. The summed E-state index contributed by atoms with van der Waals surface area (Å²) in [5, 5.41) is 16.3. The van der Waals surface area contributed by atoms with Crippen molar-refractivity contribution in [2.45, 2.75) is 20.4 Å². The van der Waals surface area contributed by atoms with Crippen LogP contribution in [0.15, 0.2) is 35.0 Å². The third-order valence-electron chi connectivity index (χ3n) is 5.06. The van der Waals surface area contributed by atoms with E-state index < -0.39 is 0 Å². The lowest BCUT2D eigenvalue weighted by Gasteiger charge is -2.37. The van der Waals surface area contributed by atoms with Crippen LogP contribution < -0.4 is 4.90 Å². The fraction of sp³-hybridized carbons (Fsp3) is 0.368. The molecule has 4 rings (SSSR count). The van der Waals surface area contributed by atoms with Crippen LogP contribution in [0.1, 0.15) is 11.1 Å². The van der Waals surface area contributed by atoms with Crippen molar-refractivity contribution < 1.29 is 4.79 Å². The van der Waals surface area contributed by atoms with Crippen molar-refractivity contribution in [1.82, 2.24) is 25.1 Å². The van der Waals surface area contributed by atoms with E-state index in [9.17, 15) is 4.79 Å². The van der Waals surface area contributed by atoms with Crippen LogP contribution in [0, 0.1) is 13.8 Å². The van der Waals surface area contributed by atoms with Crippen molar-refractivity contribution in [2.24, 2.45) is 0 Å². The molecule has 0 atom stereocenters. The minimum Gasteiger partial charge on any atom is -0.368 e. The van der Waals surface area contributed by atoms with E-state index in [4.69, 9.17) is 0 Å². The van der Waals surface area contributed by atoms with Gasteiger partial charge in [-0.05, 0) is 47.7 Å². The summed E-state index contributed by atoms with van der Waals surface area (Å²) in [4.78, 5) is 18.2. The normalized spacial score (nSPS) is 14.6. The molecule has 1 fully saturated rings. The highest BCUT2D eigenvalue weighted by atomic mass is 32.1. The Kier molecular flexibility index (Phi) is 4.89. The average Bonchev–Trinajstić information content (AvgIpc) is 3.36. The Balaban J connectivity index is 1.35. The molecule has 0 aliphatic carbocycles. The molecule has 3 aromatic rings. The van der Waals surface area contributed by atoms with Crippen LogP contribution in [0.4, 0.5) is 5.69 Å². The summed E-state index contributed by atoms with van der Waals surface area (Å²) < 4.78 is 0. The number of benzene rings is 1. The molecule has 1 aliphatic heterocycles. The lowest BCUT2D eigenvalue weighted by Crippen LogP contribution is -2.50. The standard InChI is InChI=1S/C19H22N6OS/c1-14-4-3-5-17(15(14)2)23-7-9-24(10-8-23)18(26)12-25-21-19(20-22-25)16-6-11-27-13-16/h3-6,11,13H,7-10,12H2,1-2H3. The van der Waals surface area contributed by atoms with E-state index in [1.54, 1.807) is 11.3 Å². The summed E-state index contributed by atoms with van der Waals surface area (Å²) in [6, 6.07) is 8.33. The number of amides is 1. The maximum Gasteiger partial charge on any atom is 0.246 e. The highest BCUT2D eigenvalue weighted by Crippen LogP contribution is 2.24. The van der Waals surface area contributed by atoms with Crippen LogP contribution in [0.25, 0.3) is 11.4 Å². The summed E-state index contributed by atoms with van der Waals surface area (Å²) in [6.45, 7) is 7.50. The second kappa shape index (κ2) is 7.48. The quantitative estimate of drug-likeness (QED) is 0.693. The van der Waals surface area contributed by atoms with E-state index in [0.717, 1.165) is 18.7 Å². The van der Waals surface area contributed by atoms with Crippen molar-refractivity contribution in [3.05, 3.63) is 46.2 Å². The van der Waals surface area contributed by atoms with Crippen molar-refractivity contribution in [2.75, 3.05) is 31.1 Å². The number of nitrogens with zero attached hydrogens (tertiary/aromatic N) is 6. The van der Waals surface area contributed by atoms with Crippen molar-refractivity contribution >= 4 is 22.9 Å². The van der Waals surface area contributed by atoms with E-state index in [2.05, 4.69) is 52.4 Å². The Morgan fingerprint density at radius 2 is 1.96 bits per heavy atom. The number of hydrogen-bond donors (Lipinski definition) is 0. The van der Waals surface area contributed by atoms with Crippen LogP contribution >= 0.6 is 11.3 Å². The summed E-state index contributed by atoms with van der Waals surface area (Å²) in [5.74, 6) is 0.591. The van der Waals surface area contributed by atoms with E-state index in [1.165, 1.54) is 21.6 Å². The zero-order valence-corrected chi connectivity index (χ0v) is 16.3. The number of thiophene rings is 1. The van der Waals surface area contributed by atoms with Gasteiger partial charge in [-0.3, -0.25) is 4.79 Å². The lowest BCUT2D eigenvalue weighted by molar-refractivity contribution is -0.132. The van der Waals surface area contributed by atoms with Crippen molar-refractivity contribution in [3.63, 3.8) is 0 Å². The highest BCUT2D eigenvalue weighted by Gasteiger charge is 2.23. The van der Waals surface area contributed by atoms with E-state index in [-0.39, 0.29) is 12.5 Å². The fourth-order valence-electron chi connectivity index (χ4n) is 3.31. The van der Waals surface area contributed by atoms with Gasteiger partial charge in [0.25, 0.3) is 0 Å². The minimum absolute atomic E-state index is 0.0323. The maximum atomic E-state index is 12.6. The van der Waals surface area contributed by atoms with E-state index in [1.807, 2.05) is 21.7 Å². The van der Waals surface area contributed by atoms with Gasteiger partial charge in [0.2, 0.25) is 11.7 Å². The van der Waals surface area contributed by atoms with Gasteiger partial charge in [-0.15, -0.1) is 10.2 Å². The molecule has 0 radical (unpaired) electrons.